The summed E-state index contributed by atoms with van der Waals surface area (Å²) in [6.45, 7) is 0.242. The third kappa shape index (κ3) is 4.37. The number of hydrogen-bond donors (Lipinski definition) is 2. The van der Waals surface area contributed by atoms with Crippen LogP contribution in [-0.4, -0.2) is 24.5 Å². The molecule has 1 amide bonds. The number of rotatable bonds is 5. The molecule has 1 heterocycles. The Morgan fingerprint density at radius 2 is 1.83 bits per heavy atom. The molecule has 0 fully saturated rings. The Kier molecular flexibility index (Phi) is 5.28. The van der Waals surface area contributed by atoms with Crippen LogP contribution in [0.25, 0.3) is 0 Å². The molecule has 0 saturated carbocycles. The van der Waals surface area contributed by atoms with Crippen molar-refractivity contribution >= 4 is 5.91 Å². The van der Waals surface area contributed by atoms with Gasteiger partial charge in [0.15, 0.2) is 0 Å². The molecular weight excluding hydrogens is 325 g/mol. The van der Waals surface area contributed by atoms with E-state index in [2.05, 4.69) is 5.32 Å². The van der Waals surface area contributed by atoms with Gasteiger partial charge in [0.1, 0.15) is 17.0 Å². The van der Waals surface area contributed by atoms with Gasteiger partial charge in [0.2, 0.25) is 0 Å². The molecule has 0 aliphatic heterocycles. The zero-order valence-electron chi connectivity index (χ0n) is 12.7. The number of alkyl halides is 3. The first-order valence-corrected chi connectivity index (χ1v) is 7.03. The summed E-state index contributed by atoms with van der Waals surface area (Å²) in [6, 6.07) is 8.74. The molecule has 0 radical (unpaired) electrons. The number of aromatic nitrogens is 1. The van der Waals surface area contributed by atoms with E-state index in [1.807, 2.05) is 12.1 Å². The first kappa shape index (κ1) is 17.6. The van der Waals surface area contributed by atoms with Crippen LogP contribution in [0.3, 0.4) is 0 Å². The SMILES string of the molecule is COc1ccc(CCNC(=O)c2ccc(C(F)(F)F)[nH]c2=O)cc1. The van der Waals surface area contributed by atoms with Crippen LogP contribution < -0.4 is 15.6 Å². The molecule has 128 valence electrons. The van der Waals surface area contributed by atoms with Gasteiger partial charge in [-0.15, -0.1) is 0 Å². The van der Waals surface area contributed by atoms with E-state index in [-0.39, 0.29) is 12.1 Å². The van der Waals surface area contributed by atoms with Crippen molar-refractivity contribution in [2.24, 2.45) is 0 Å². The van der Waals surface area contributed by atoms with Crippen LogP contribution >= 0.6 is 0 Å². The zero-order chi connectivity index (χ0) is 17.7. The zero-order valence-corrected chi connectivity index (χ0v) is 12.7. The second kappa shape index (κ2) is 7.20. The van der Waals surface area contributed by atoms with Gasteiger partial charge >= 0.3 is 6.18 Å². The molecule has 2 aromatic rings. The smallest absolute Gasteiger partial charge is 0.431 e. The van der Waals surface area contributed by atoms with E-state index in [0.717, 1.165) is 11.6 Å². The molecule has 2 rings (SSSR count). The van der Waals surface area contributed by atoms with Gasteiger partial charge in [-0.2, -0.15) is 13.2 Å². The Morgan fingerprint density at radius 1 is 1.17 bits per heavy atom. The lowest BCUT2D eigenvalue weighted by atomic mass is 10.1. The number of amides is 1. The Hall–Kier alpha value is -2.77. The number of pyridine rings is 1. The third-order valence-electron chi connectivity index (χ3n) is 3.32. The van der Waals surface area contributed by atoms with Gasteiger partial charge in [-0.05, 0) is 36.2 Å². The van der Waals surface area contributed by atoms with Crippen molar-refractivity contribution in [1.82, 2.24) is 10.3 Å². The van der Waals surface area contributed by atoms with Crippen LogP contribution in [0, 0.1) is 0 Å². The summed E-state index contributed by atoms with van der Waals surface area (Å²) >= 11 is 0. The van der Waals surface area contributed by atoms with Crippen LogP contribution in [0.15, 0.2) is 41.2 Å². The van der Waals surface area contributed by atoms with E-state index >= 15 is 0 Å². The van der Waals surface area contributed by atoms with Gasteiger partial charge in [-0.25, -0.2) is 0 Å². The number of aromatic amines is 1. The Labute approximate surface area is 135 Å². The number of H-pyrrole nitrogens is 1. The second-order valence-corrected chi connectivity index (χ2v) is 4.97. The quantitative estimate of drug-likeness (QED) is 0.878. The average molecular weight is 340 g/mol. The molecule has 5 nitrogen and oxygen atoms in total. The van der Waals surface area contributed by atoms with Crippen molar-refractivity contribution in [2.45, 2.75) is 12.6 Å². The molecular formula is C16H15F3N2O3. The van der Waals surface area contributed by atoms with E-state index in [9.17, 15) is 22.8 Å². The minimum Gasteiger partial charge on any atom is -0.497 e. The number of ether oxygens (including phenoxy) is 1. The highest BCUT2D eigenvalue weighted by atomic mass is 19.4. The number of carbonyl (C=O) groups is 1. The van der Waals surface area contributed by atoms with Crippen LogP contribution in [0.4, 0.5) is 13.2 Å². The maximum Gasteiger partial charge on any atom is 0.431 e. The van der Waals surface area contributed by atoms with Crippen molar-refractivity contribution in [3.05, 3.63) is 63.6 Å². The summed E-state index contributed by atoms with van der Waals surface area (Å²) in [5.41, 5.74) is -1.69. The summed E-state index contributed by atoms with van der Waals surface area (Å²) in [5, 5.41) is 2.50. The van der Waals surface area contributed by atoms with E-state index in [1.165, 1.54) is 0 Å². The van der Waals surface area contributed by atoms with Gasteiger partial charge < -0.3 is 15.0 Å². The van der Waals surface area contributed by atoms with Crippen molar-refractivity contribution in [2.75, 3.05) is 13.7 Å². The van der Waals surface area contributed by atoms with Gasteiger partial charge in [0.25, 0.3) is 11.5 Å². The summed E-state index contributed by atoms with van der Waals surface area (Å²) in [6.07, 6.45) is -4.16. The van der Waals surface area contributed by atoms with Gasteiger partial charge in [0, 0.05) is 6.54 Å². The fraction of sp³-hybridized carbons (Fsp3) is 0.250. The third-order valence-corrected chi connectivity index (χ3v) is 3.32. The van der Waals surface area contributed by atoms with Gasteiger partial charge in [-0.3, -0.25) is 9.59 Å². The molecule has 0 bridgehead atoms. The van der Waals surface area contributed by atoms with E-state index < -0.39 is 23.3 Å². The van der Waals surface area contributed by atoms with Crippen molar-refractivity contribution in [1.29, 1.82) is 0 Å². The molecule has 0 spiro atoms. The normalized spacial score (nSPS) is 11.2. The van der Waals surface area contributed by atoms with Crippen molar-refractivity contribution < 1.29 is 22.7 Å². The maximum absolute atomic E-state index is 12.5. The summed E-state index contributed by atoms with van der Waals surface area (Å²) in [7, 11) is 1.55. The van der Waals surface area contributed by atoms with Crippen molar-refractivity contribution in [3.8, 4) is 5.75 Å². The van der Waals surface area contributed by atoms with Crippen molar-refractivity contribution in [3.63, 3.8) is 0 Å². The Balaban J connectivity index is 1.96. The molecule has 0 saturated heterocycles. The molecule has 2 N–H and O–H groups in total. The van der Waals surface area contributed by atoms with E-state index in [4.69, 9.17) is 4.74 Å². The molecule has 24 heavy (non-hydrogen) atoms. The largest absolute Gasteiger partial charge is 0.497 e. The highest BCUT2D eigenvalue weighted by molar-refractivity contribution is 5.93. The minimum absolute atomic E-state index is 0.242. The fourth-order valence-electron chi connectivity index (χ4n) is 2.03. The Bertz CT molecular complexity index is 767. The monoisotopic (exact) mass is 340 g/mol. The molecule has 1 aromatic carbocycles. The van der Waals surface area contributed by atoms with Crippen LogP contribution in [-0.2, 0) is 12.6 Å². The predicted molar refractivity (Wildman–Crippen MR) is 81.1 cm³/mol. The predicted octanol–water partition coefficient (Wildman–Crippen LogP) is 2.37. The van der Waals surface area contributed by atoms with Gasteiger partial charge in [-0.1, -0.05) is 12.1 Å². The lowest BCUT2D eigenvalue weighted by Crippen LogP contribution is -2.32. The lowest BCUT2D eigenvalue weighted by Gasteiger charge is -2.08. The van der Waals surface area contributed by atoms with E-state index in [1.54, 1.807) is 24.2 Å². The van der Waals surface area contributed by atoms with E-state index in [0.29, 0.717) is 18.2 Å². The highest BCUT2D eigenvalue weighted by Crippen LogP contribution is 2.26. The number of carbonyl (C=O) groups excluding carboxylic acids is 1. The highest BCUT2D eigenvalue weighted by Gasteiger charge is 2.32. The number of nitrogens with one attached hydrogen (secondary N) is 2. The van der Waals surface area contributed by atoms with Crippen LogP contribution in [0.2, 0.25) is 0 Å². The first-order chi connectivity index (χ1) is 11.3. The number of halogens is 3. The number of benzene rings is 1. The second-order valence-electron chi connectivity index (χ2n) is 4.97. The van der Waals surface area contributed by atoms with Crippen LogP contribution in [0.1, 0.15) is 21.6 Å². The average Bonchev–Trinajstić information content (AvgIpc) is 2.54. The molecule has 0 aliphatic carbocycles. The topological polar surface area (TPSA) is 71.2 Å². The molecule has 0 atom stereocenters. The summed E-state index contributed by atoms with van der Waals surface area (Å²) in [4.78, 5) is 25.1. The first-order valence-electron chi connectivity index (χ1n) is 7.03. The standard InChI is InChI=1S/C16H15F3N2O3/c1-24-11-4-2-10(3-5-11)8-9-20-14(22)12-6-7-13(16(17,18)19)21-15(12)23/h2-7H,8-9H2,1H3,(H,20,22)(H,21,23). The number of methoxy groups -OCH3 is 1. The minimum atomic E-state index is -4.66. The summed E-state index contributed by atoms with van der Waals surface area (Å²) < 4.78 is 42.4. The maximum atomic E-state index is 12.5. The van der Waals surface area contributed by atoms with Crippen LogP contribution in [0.5, 0.6) is 5.75 Å². The summed E-state index contributed by atoms with van der Waals surface area (Å²) in [5.74, 6) is -0.0161. The molecule has 8 heteroatoms. The lowest BCUT2D eigenvalue weighted by molar-refractivity contribution is -0.141. The fourth-order valence-corrected chi connectivity index (χ4v) is 2.03. The number of hydrogen-bond acceptors (Lipinski definition) is 3. The molecule has 0 aliphatic rings. The van der Waals surface area contributed by atoms with Gasteiger partial charge in [0.05, 0.1) is 7.11 Å². The Morgan fingerprint density at radius 3 is 2.38 bits per heavy atom. The molecule has 1 aromatic heterocycles. The molecule has 0 unspecified atom stereocenters.